The second-order valence-electron chi connectivity index (χ2n) is 6.76. The Labute approximate surface area is 141 Å². The first-order valence-corrected chi connectivity index (χ1v) is 8.69. The van der Waals surface area contributed by atoms with E-state index in [0.717, 1.165) is 25.9 Å². The molecule has 0 aromatic carbocycles. The number of carbonyl (C=O) groups is 2. The lowest BCUT2D eigenvalue weighted by atomic mass is 10.0. The maximum absolute atomic E-state index is 12.5. The fourth-order valence-corrected chi connectivity index (χ4v) is 3.25. The summed E-state index contributed by atoms with van der Waals surface area (Å²) in [6, 6.07) is 0.113. The number of likely N-dealkylation sites (tertiary alicyclic amines) is 1. The lowest BCUT2D eigenvalue weighted by Gasteiger charge is -2.37. The molecule has 24 heavy (non-hydrogen) atoms. The van der Waals surface area contributed by atoms with Crippen LogP contribution in [0.5, 0.6) is 0 Å². The lowest BCUT2D eigenvalue weighted by Crippen LogP contribution is -2.50. The first-order chi connectivity index (χ1) is 11.5. The van der Waals surface area contributed by atoms with E-state index in [-0.39, 0.29) is 23.9 Å². The largest absolute Gasteiger partial charge is 0.341 e. The van der Waals surface area contributed by atoms with Crippen LogP contribution in [0, 0.1) is 0 Å². The summed E-state index contributed by atoms with van der Waals surface area (Å²) in [7, 11) is 0. The summed E-state index contributed by atoms with van der Waals surface area (Å²) in [5.41, 5.74) is 0. The molecule has 3 heterocycles. The summed E-state index contributed by atoms with van der Waals surface area (Å²) in [5.74, 6) is 1.49. The van der Waals surface area contributed by atoms with Gasteiger partial charge in [-0.1, -0.05) is 19.0 Å². The number of nitrogens with one attached hydrogen (secondary N) is 1. The predicted molar refractivity (Wildman–Crippen MR) is 86.4 cm³/mol. The average Bonchev–Trinajstić information content (AvgIpc) is 3.21. The molecule has 2 saturated heterocycles. The van der Waals surface area contributed by atoms with Crippen LogP contribution in [0.15, 0.2) is 4.52 Å². The van der Waals surface area contributed by atoms with Crippen LogP contribution in [0.4, 0.5) is 4.79 Å². The minimum atomic E-state index is -0.0126. The average molecular weight is 335 g/mol. The van der Waals surface area contributed by atoms with E-state index in [0.29, 0.717) is 37.6 Å². The molecular formula is C16H25N5O3. The lowest BCUT2D eigenvalue weighted by molar-refractivity contribution is -0.133. The molecular weight excluding hydrogens is 310 g/mol. The highest BCUT2D eigenvalue weighted by Gasteiger charge is 2.32. The summed E-state index contributed by atoms with van der Waals surface area (Å²) in [5, 5.41) is 6.74. The van der Waals surface area contributed by atoms with Crippen molar-refractivity contribution in [2.45, 2.75) is 51.5 Å². The van der Waals surface area contributed by atoms with Gasteiger partial charge in [0.05, 0.1) is 6.04 Å². The number of piperidine rings is 1. The van der Waals surface area contributed by atoms with Gasteiger partial charge in [-0.3, -0.25) is 4.79 Å². The second kappa shape index (κ2) is 7.19. The van der Waals surface area contributed by atoms with Gasteiger partial charge in [-0.05, 0) is 12.8 Å². The van der Waals surface area contributed by atoms with E-state index in [1.54, 1.807) is 0 Å². The molecule has 1 N–H and O–H groups in total. The van der Waals surface area contributed by atoms with Crippen LogP contribution in [0.3, 0.4) is 0 Å². The van der Waals surface area contributed by atoms with Gasteiger partial charge in [0.2, 0.25) is 11.8 Å². The summed E-state index contributed by atoms with van der Waals surface area (Å²) in [4.78, 5) is 32.3. The third-order valence-electron chi connectivity index (χ3n) is 4.63. The van der Waals surface area contributed by atoms with Gasteiger partial charge in [-0.2, -0.15) is 4.98 Å². The highest BCUT2D eigenvalue weighted by atomic mass is 16.5. The Balaban J connectivity index is 1.51. The Kier molecular flexibility index (Phi) is 5.01. The smallest absolute Gasteiger partial charge is 0.317 e. The molecule has 1 aromatic heterocycles. The van der Waals surface area contributed by atoms with Gasteiger partial charge < -0.3 is 19.6 Å². The maximum Gasteiger partial charge on any atom is 0.317 e. The number of hydrogen-bond donors (Lipinski definition) is 1. The number of urea groups is 1. The number of aromatic nitrogens is 2. The Morgan fingerprint density at radius 2 is 2.25 bits per heavy atom. The van der Waals surface area contributed by atoms with Gasteiger partial charge >= 0.3 is 6.03 Å². The molecule has 132 valence electrons. The molecule has 1 aromatic rings. The van der Waals surface area contributed by atoms with Crippen molar-refractivity contribution in [2.75, 3.05) is 26.2 Å². The molecule has 0 aliphatic carbocycles. The van der Waals surface area contributed by atoms with Gasteiger partial charge in [-0.15, -0.1) is 0 Å². The Morgan fingerprint density at radius 1 is 1.42 bits per heavy atom. The normalized spacial score (nSPS) is 21.5. The third-order valence-corrected chi connectivity index (χ3v) is 4.63. The topological polar surface area (TPSA) is 91.6 Å². The third kappa shape index (κ3) is 3.68. The highest BCUT2D eigenvalue weighted by molar-refractivity contribution is 5.78. The van der Waals surface area contributed by atoms with E-state index in [1.165, 1.54) is 0 Å². The second-order valence-corrected chi connectivity index (χ2v) is 6.76. The van der Waals surface area contributed by atoms with E-state index < -0.39 is 0 Å². The van der Waals surface area contributed by atoms with Gasteiger partial charge in [-0.25, -0.2) is 4.79 Å². The van der Waals surface area contributed by atoms with Gasteiger partial charge in [0.1, 0.15) is 0 Å². The highest BCUT2D eigenvalue weighted by Crippen LogP contribution is 2.19. The standard InChI is InChI=1S/C16H25N5O3/c1-11(2)15-18-13(24-19-15)5-6-14(22)20-8-3-4-12(10-20)21-9-7-17-16(21)23/h11-12H,3-10H2,1-2H3,(H,17,23)/t12-/m1/s1. The Hall–Kier alpha value is -2.12. The minimum Gasteiger partial charge on any atom is -0.341 e. The van der Waals surface area contributed by atoms with Crippen LogP contribution in [0.1, 0.15) is 50.7 Å². The van der Waals surface area contributed by atoms with Crippen molar-refractivity contribution in [3.8, 4) is 0 Å². The van der Waals surface area contributed by atoms with Crippen LogP contribution >= 0.6 is 0 Å². The molecule has 2 fully saturated rings. The zero-order chi connectivity index (χ0) is 17.1. The van der Waals surface area contributed by atoms with E-state index in [9.17, 15) is 9.59 Å². The van der Waals surface area contributed by atoms with Crippen molar-refractivity contribution in [3.63, 3.8) is 0 Å². The Bertz CT molecular complexity index is 600. The molecule has 3 rings (SSSR count). The molecule has 1 atom stereocenters. The molecule has 0 unspecified atom stereocenters. The first kappa shape index (κ1) is 16.7. The quantitative estimate of drug-likeness (QED) is 0.871. The van der Waals surface area contributed by atoms with Crippen molar-refractivity contribution in [2.24, 2.45) is 0 Å². The van der Waals surface area contributed by atoms with Crippen molar-refractivity contribution >= 4 is 11.9 Å². The van der Waals surface area contributed by atoms with Crippen molar-refractivity contribution in [1.29, 1.82) is 0 Å². The number of aryl methyl sites for hydroxylation is 1. The number of hydrogen-bond acceptors (Lipinski definition) is 5. The zero-order valence-electron chi connectivity index (χ0n) is 14.3. The van der Waals surface area contributed by atoms with Gasteiger partial charge in [0.15, 0.2) is 5.82 Å². The molecule has 2 aliphatic heterocycles. The molecule has 8 heteroatoms. The number of carbonyl (C=O) groups excluding carboxylic acids is 2. The summed E-state index contributed by atoms with van der Waals surface area (Å²) >= 11 is 0. The van der Waals surface area contributed by atoms with Crippen LogP contribution in [-0.2, 0) is 11.2 Å². The van der Waals surface area contributed by atoms with Crippen molar-refractivity contribution in [1.82, 2.24) is 25.3 Å². The van der Waals surface area contributed by atoms with Crippen LogP contribution in [0.25, 0.3) is 0 Å². The van der Waals surface area contributed by atoms with Gasteiger partial charge in [0.25, 0.3) is 0 Å². The van der Waals surface area contributed by atoms with Crippen LogP contribution in [0.2, 0.25) is 0 Å². The minimum absolute atomic E-state index is 0.0126. The molecule has 0 saturated carbocycles. The van der Waals surface area contributed by atoms with Gasteiger partial charge in [0, 0.05) is 44.9 Å². The summed E-state index contributed by atoms with van der Waals surface area (Å²) < 4.78 is 5.19. The number of nitrogens with zero attached hydrogens (tertiary/aromatic N) is 4. The fraction of sp³-hybridized carbons (Fsp3) is 0.750. The number of amides is 3. The molecule has 2 aliphatic rings. The summed E-state index contributed by atoms with van der Waals surface area (Å²) in [6.07, 6.45) is 2.71. The van der Waals surface area contributed by atoms with E-state index >= 15 is 0 Å². The zero-order valence-corrected chi connectivity index (χ0v) is 14.3. The van der Waals surface area contributed by atoms with Crippen LogP contribution < -0.4 is 5.32 Å². The molecule has 3 amide bonds. The first-order valence-electron chi connectivity index (χ1n) is 8.69. The van der Waals surface area contributed by atoms with Crippen LogP contribution in [-0.4, -0.2) is 64.1 Å². The predicted octanol–water partition coefficient (Wildman–Crippen LogP) is 1.14. The molecule has 0 radical (unpaired) electrons. The molecule has 8 nitrogen and oxygen atoms in total. The number of rotatable bonds is 5. The van der Waals surface area contributed by atoms with Crippen molar-refractivity contribution < 1.29 is 14.1 Å². The fourth-order valence-electron chi connectivity index (χ4n) is 3.25. The van der Waals surface area contributed by atoms with E-state index in [4.69, 9.17) is 4.52 Å². The SMILES string of the molecule is CC(C)c1noc(CCC(=O)N2CCC[C@@H](N3CCNC3=O)C2)n1. The summed E-state index contributed by atoms with van der Waals surface area (Å²) in [6.45, 7) is 6.80. The molecule has 0 bridgehead atoms. The monoisotopic (exact) mass is 335 g/mol. The molecule has 0 spiro atoms. The van der Waals surface area contributed by atoms with E-state index in [1.807, 2.05) is 23.6 Å². The van der Waals surface area contributed by atoms with E-state index in [2.05, 4.69) is 15.5 Å². The Morgan fingerprint density at radius 3 is 2.92 bits per heavy atom. The van der Waals surface area contributed by atoms with Crippen molar-refractivity contribution in [3.05, 3.63) is 11.7 Å². The maximum atomic E-state index is 12.5.